The van der Waals surface area contributed by atoms with Crippen LogP contribution in [0.4, 0.5) is 5.69 Å². The number of benzene rings is 1. The predicted octanol–water partition coefficient (Wildman–Crippen LogP) is -1.61. The molecule has 5 heteroatoms. The van der Waals surface area contributed by atoms with E-state index in [2.05, 4.69) is 12.2 Å². The molecule has 0 fully saturated rings. The lowest BCUT2D eigenvalue weighted by molar-refractivity contribution is -0.643. The molecule has 0 saturated heterocycles. The van der Waals surface area contributed by atoms with Crippen molar-refractivity contribution in [3.8, 4) is 5.75 Å². The van der Waals surface area contributed by atoms with Crippen LogP contribution >= 0.6 is 0 Å². The van der Waals surface area contributed by atoms with E-state index in [0.29, 0.717) is 13.2 Å². The SMILES string of the molecule is CCCC[NH2+]CC(=O)Nc1ccc(OCC)cc1.[Cl-]. The van der Waals surface area contributed by atoms with Gasteiger partial charge in [0.25, 0.3) is 5.91 Å². The largest absolute Gasteiger partial charge is 1.00 e. The van der Waals surface area contributed by atoms with Gasteiger partial charge in [0, 0.05) is 5.69 Å². The van der Waals surface area contributed by atoms with Gasteiger partial charge in [0.05, 0.1) is 13.2 Å². The number of hydrogen-bond acceptors (Lipinski definition) is 2. The van der Waals surface area contributed by atoms with Crippen LogP contribution < -0.4 is 27.8 Å². The van der Waals surface area contributed by atoms with E-state index in [1.165, 1.54) is 0 Å². The lowest BCUT2D eigenvalue weighted by Crippen LogP contribution is -3.00. The molecule has 1 aromatic carbocycles. The molecular formula is C14H23ClN2O2. The number of ether oxygens (including phenoxy) is 1. The summed E-state index contributed by atoms with van der Waals surface area (Å²) < 4.78 is 5.34. The zero-order chi connectivity index (χ0) is 13.2. The van der Waals surface area contributed by atoms with Gasteiger partial charge in [-0.15, -0.1) is 0 Å². The Morgan fingerprint density at radius 3 is 2.53 bits per heavy atom. The first-order valence-corrected chi connectivity index (χ1v) is 6.60. The van der Waals surface area contributed by atoms with Crippen LogP contribution in [-0.4, -0.2) is 25.6 Å². The van der Waals surface area contributed by atoms with Gasteiger partial charge in [0.1, 0.15) is 5.75 Å². The third-order valence-corrected chi connectivity index (χ3v) is 2.54. The lowest BCUT2D eigenvalue weighted by Gasteiger charge is -2.06. The van der Waals surface area contributed by atoms with Crippen molar-refractivity contribution < 1.29 is 27.3 Å². The summed E-state index contributed by atoms with van der Waals surface area (Å²) in [5.74, 6) is 0.861. The number of hydrogen-bond donors (Lipinski definition) is 2. The highest BCUT2D eigenvalue weighted by molar-refractivity contribution is 5.91. The highest BCUT2D eigenvalue weighted by Gasteiger charge is 2.04. The number of nitrogens with one attached hydrogen (secondary N) is 1. The first-order chi connectivity index (χ1) is 8.76. The maximum atomic E-state index is 11.6. The van der Waals surface area contributed by atoms with E-state index in [1.54, 1.807) is 0 Å². The van der Waals surface area contributed by atoms with Crippen molar-refractivity contribution >= 4 is 11.6 Å². The number of carbonyl (C=O) groups is 1. The standard InChI is InChI=1S/C14H22N2O2.ClH/c1-3-5-10-15-11-14(17)16-12-6-8-13(9-7-12)18-4-2;/h6-9,15H,3-5,10-11H2,1-2H3,(H,16,17);1H. The van der Waals surface area contributed by atoms with Gasteiger partial charge in [-0.3, -0.25) is 4.79 Å². The van der Waals surface area contributed by atoms with E-state index >= 15 is 0 Å². The molecule has 0 aliphatic rings. The third kappa shape index (κ3) is 7.70. The lowest BCUT2D eigenvalue weighted by atomic mass is 10.3. The number of halogens is 1. The molecule has 1 rings (SSSR count). The average Bonchev–Trinajstić information content (AvgIpc) is 2.37. The smallest absolute Gasteiger partial charge is 0.279 e. The van der Waals surface area contributed by atoms with Crippen molar-refractivity contribution in [2.75, 3.05) is 25.0 Å². The molecule has 0 bridgehead atoms. The van der Waals surface area contributed by atoms with Gasteiger partial charge >= 0.3 is 0 Å². The van der Waals surface area contributed by atoms with Gasteiger partial charge < -0.3 is 27.8 Å². The first-order valence-electron chi connectivity index (χ1n) is 6.60. The molecule has 3 N–H and O–H groups in total. The first kappa shape index (κ1) is 17.7. The summed E-state index contributed by atoms with van der Waals surface area (Å²) in [5.41, 5.74) is 0.812. The Morgan fingerprint density at radius 1 is 1.26 bits per heavy atom. The molecule has 0 spiro atoms. The van der Waals surface area contributed by atoms with Gasteiger partial charge in [-0.05, 0) is 37.6 Å². The summed E-state index contributed by atoms with van der Waals surface area (Å²) in [6.07, 6.45) is 2.31. The van der Waals surface area contributed by atoms with E-state index in [-0.39, 0.29) is 18.3 Å². The Morgan fingerprint density at radius 2 is 1.95 bits per heavy atom. The van der Waals surface area contributed by atoms with Gasteiger partial charge in [0.2, 0.25) is 0 Å². The molecule has 0 radical (unpaired) electrons. The molecule has 0 aliphatic heterocycles. The Kier molecular flexibility index (Phi) is 9.94. The highest BCUT2D eigenvalue weighted by Crippen LogP contribution is 2.15. The Bertz CT molecular complexity index is 355. The molecule has 1 amide bonds. The average molecular weight is 287 g/mol. The van der Waals surface area contributed by atoms with Crippen molar-refractivity contribution in [2.24, 2.45) is 0 Å². The Balaban J connectivity index is 0.00000324. The van der Waals surface area contributed by atoms with E-state index in [1.807, 2.05) is 36.5 Å². The summed E-state index contributed by atoms with van der Waals surface area (Å²) in [6.45, 7) is 6.23. The number of amides is 1. The minimum atomic E-state index is 0. The molecule has 108 valence electrons. The van der Waals surface area contributed by atoms with E-state index in [4.69, 9.17) is 4.74 Å². The highest BCUT2D eigenvalue weighted by atomic mass is 35.5. The fourth-order valence-corrected chi connectivity index (χ4v) is 1.59. The van der Waals surface area contributed by atoms with Crippen LogP contribution in [0.15, 0.2) is 24.3 Å². The number of anilines is 1. The summed E-state index contributed by atoms with van der Waals surface area (Å²) >= 11 is 0. The van der Waals surface area contributed by atoms with E-state index in [0.717, 1.165) is 30.8 Å². The summed E-state index contributed by atoms with van der Waals surface area (Å²) in [5, 5.41) is 4.90. The van der Waals surface area contributed by atoms with Crippen LogP contribution in [-0.2, 0) is 4.79 Å². The molecule has 1 aromatic rings. The molecule has 0 unspecified atom stereocenters. The fraction of sp³-hybridized carbons (Fsp3) is 0.500. The van der Waals surface area contributed by atoms with Crippen molar-refractivity contribution in [3.63, 3.8) is 0 Å². The van der Waals surface area contributed by atoms with Crippen LogP contribution in [0.5, 0.6) is 5.75 Å². The van der Waals surface area contributed by atoms with Crippen molar-refractivity contribution in [1.29, 1.82) is 0 Å². The van der Waals surface area contributed by atoms with Crippen LogP contribution in [0.1, 0.15) is 26.7 Å². The fourth-order valence-electron chi connectivity index (χ4n) is 1.59. The maximum Gasteiger partial charge on any atom is 0.279 e. The molecule has 19 heavy (non-hydrogen) atoms. The monoisotopic (exact) mass is 286 g/mol. The number of quaternary nitrogens is 1. The zero-order valence-electron chi connectivity index (χ0n) is 11.6. The zero-order valence-corrected chi connectivity index (χ0v) is 12.4. The third-order valence-electron chi connectivity index (χ3n) is 2.54. The summed E-state index contributed by atoms with van der Waals surface area (Å²) in [6, 6.07) is 7.43. The van der Waals surface area contributed by atoms with Crippen molar-refractivity contribution in [1.82, 2.24) is 0 Å². The van der Waals surface area contributed by atoms with Crippen molar-refractivity contribution in [2.45, 2.75) is 26.7 Å². The minimum absolute atomic E-state index is 0. The van der Waals surface area contributed by atoms with Crippen LogP contribution in [0, 0.1) is 0 Å². The second kappa shape index (κ2) is 10.6. The van der Waals surface area contributed by atoms with Crippen LogP contribution in [0.3, 0.4) is 0 Å². The topological polar surface area (TPSA) is 54.9 Å². The number of nitrogens with two attached hydrogens (primary N) is 1. The Hall–Kier alpha value is -1.26. The normalized spacial score (nSPS) is 9.58. The molecule has 4 nitrogen and oxygen atoms in total. The van der Waals surface area contributed by atoms with Crippen molar-refractivity contribution in [3.05, 3.63) is 24.3 Å². The second-order valence-corrected chi connectivity index (χ2v) is 4.14. The molecular weight excluding hydrogens is 264 g/mol. The molecule has 0 aliphatic carbocycles. The van der Waals surface area contributed by atoms with Gasteiger partial charge in [-0.1, -0.05) is 13.3 Å². The van der Waals surface area contributed by atoms with Crippen LogP contribution in [0.2, 0.25) is 0 Å². The second-order valence-electron chi connectivity index (χ2n) is 4.14. The molecule has 0 heterocycles. The summed E-state index contributed by atoms with van der Waals surface area (Å²) in [7, 11) is 0. The molecule has 0 atom stereocenters. The minimum Gasteiger partial charge on any atom is -1.00 e. The van der Waals surface area contributed by atoms with Crippen LogP contribution in [0.25, 0.3) is 0 Å². The molecule has 0 saturated carbocycles. The maximum absolute atomic E-state index is 11.6. The number of rotatable bonds is 8. The number of carbonyl (C=O) groups excluding carboxylic acids is 1. The quantitative estimate of drug-likeness (QED) is 0.565. The Labute approximate surface area is 121 Å². The predicted molar refractivity (Wildman–Crippen MR) is 72.8 cm³/mol. The van der Waals surface area contributed by atoms with Gasteiger partial charge in [-0.25, -0.2) is 0 Å². The molecule has 0 aromatic heterocycles. The van der Waals surface area contributed by atoms with E-state index < -0.39 is 0 Å². The summed E-state index contributed by atoms with van der Waals surface area (Å²) in [4.78, 5) is 11.6. The number of unbranched alkanes of at least 4 members (excludes halogenated alkanes) is 1. The van der Waals surface area contributed by atoms with Gasteiger partial charge in [-0.2, -0.15) is 0 Å². The van der Waals surface area contributed by atoms with Gasteiger partial charge in [0.15, 0.2) is 6.54 Å². The van der Waals surface area contributed by atoms with E-state index in [9.17, 15) is 4.79 Å².